The molecule has 0 radical (unpaired) electrons. The SMILES string of the molecule is Cc1ccc2[nH]c(=O)c(-c3nc(-c4ccc(F)c(F)c4)no3)c(O)c2c1. The molecule has 2 N–H and O–H groups in total. The molecule has 0 aliphatic carbocycles. The van der Waals surface area contributed by atoms with E-state index in [1.807, 2.05) is 6.92 Å². The third-order valence-electron chi connectivity index (χ3n) is 3.96. The number of aromatic amines is 1. The standard InChI is InChI=1S/C18H11F2N3O3/c1-8-2-5-13-10(6-8)15(24)14(17(25)21-13)18-22-16(23-26-18)9-3-4-11(19)12(20)7-9/h2-7H,1H3,(H2,21,24,25). The highest BCUT2D eigenvalue weighted by Crippen LogP contribution is 2.32. The first-order valence-electron chi connectivity index (χ1n) is 7.59. The van der Waals surface area contributed by atoms with Gasteiger partial charge in [0, 0.05) is 10.9 Å². The maximum atomic E-state index is 13.4. The van der Waals surface area contributed by atoms with Crippen LogP contribution in [0.4, 0.5) is 8.78 Å². The molecule has 26 heavy (non-hydrogen) atoms. The lowest BCUT2D eigenvalue weighted by Gasteiger charge is -2.05. The van der Waals surface area contributed by atoms with Crippen molar-refractivity contribution in [2.45, 2.75) is 6.92 Å². The summed E-state index contributed by atoms with van der Waals surface area (Å²) in [6.45, 7) is 1.84. The average molecular weight is 355 g/mol. The summed E-state index contributed by atoms with van der Waals surface area (Å²) >= 11 is 0. The zero-order valence-electron chi connectivity index (χ0n) is 13.4. The van der Waals surface area contributed by atoms with Crippen LogP contribution in [0.25, 0.3) is 33.7 Å². The summed E-state index contributed by atoms with van der Waals surface area (Å²) in [6, 6.07) is 8.31. The number of hydrogen-bond acceptors (Lipinski definition) is 5. The van der Waals surface area contributed by atoms with Gasteiger partial charge < -0.3 is 14.6 Å². The number of hydrogen-bond donors (Lipinski definition) is 2. The molecule has 2 aromatic carbocycles. The van der Waals surface area contributed by atoms with Gasteiger partial charge in [0.2, 0.25) is 5.82 Å². The van der Waals surface area contributed by atoms with Crippen molar-refractivity contribution in [1.82, 2.24) is 15.1 Å². The third-order valence-corrected chi connectivity index (χ3v) is 3.96. The molecule has 8 heteroatoms. The van der Waals surface area contributed by atoms with Crippen molar-refractivity contribution in [1.29, 1.82) is 0 Å². The summed E-state index contributed by atoms with van der Waals surface area (Å²) in [5.41, 5.74) is 0.719. The molecule has 6 nitrogen and oxygen atoms in total. The van der Waals surface area contributed by atoms with E-state index in [1.165, 1.54) is 6.07 Å². The van der Waals surface area contributed by atoms with Crippen LogP contribution in [0.3, 0.4) is 0 Å². The van der Waals surface area contributed by atoms with Crippen LogP contribution in [-0.2, 0) is 0 Å². The normalized spacial score (nSPS) is 11.2. The van der Waals surface area contributed by atoms with Crippen molar-refractivity contribution in [3.05, 3.63) is 63.9 Å². The van der Waals surface area contributed by atoms with Crippen LogP contribution < -0.4 is 5.56 Å². The summed E-state index contributed by atoms with van der Waals surface area (Å²) in [6.07, 6.45) is 0. The Hall–Kier alpha value is -3.55. The van der Waals surface area contributed by atoms with Gasteiger partial charge >= 0.3 is 0 Å². The van der Waals surface area contributed by atoms with Crippen LogP contribution in [0.2, 0.25) is 0 Å². The van der Waals surface area contributed by atoms with Gasteiger partial charge in [-0.25, -0.2) is 8.78 Å². The van der Waals surface area contributed by atoms with Crippen molar-refractivity contribution >= 4 is 10.9 Å². The second kappa shape index (κ2) is 5.76. The minimum Gasteiger partial charge on any atom is -0.506 e. The minimum absolute atomic E-state index is 0.0398. The number of H-pyrrole nitrogens is 1. The Morgan fingerprint density at radius 2 is 1.92 bits per heavy atom. The second-order valence-electron chi connectivity index (χ2n) is 5.78. The number of fused-ring (bicyclic) bond motifs is 1. The third kappa shape index (κ3) is 2.52. The summed E-state index contributed by atoms with van der Waals surface area (Å²) in [7, 11) is 0. The highest BCUT2D eigenvalue weighted by molar-refractivity contribution is 5.90. The Bertz CT molecular complexity index is 1210. The molecule has 0 saturated heterocycles. The van der Waals surface area contributed by atoms with Crippen LogP contribution in [0, 0.1) is 18.6 Å². The molecule has 0 saturated carbocycles. The Balaban J connectivity index is 1.87. The largest absolute Gasteiger partial charge is 0.506 e. The molecule has 4 rings (SSSR count). The van der Waals surface area contributed by atoms with Crippen molar-refractivity contribution in [2.24, 2.45) is 0 Å². The number of benzene rings is 2. The number of nitrogens with zero attached hydrogens (tertiary/aromatic N) is 2. The molecule has 2 aromatic heterocycles. The zero-order valence-corrected chi connectivity index (χ0v) is 13.4. The predicted molar refractivity (Wildman–Crippen MR) is 89.6 cm³/mol. The van der Waals surface area contributed by atoms with Gasteiger partial charge in [0.15, 0.2) is 11.6 Å². The van der Waals surface area contributed by atoms with Gasteiger partial charge in [0.05, 0.1) is 5.52 Å². The number of rotatable bonds is 2. The fourth-order valence-corrected chi connectivity index (χ4v) is 2.67. The summed E-state index contributed by atoms with van der Waals surface area (Å²) in [4.78, 5) is 19.0. The number of halogens is 2. The maximum Gasteiger partial charge on any atom is 0.267 e. The Morgan fingerprint density at radius 3 is 2.69 bits per heavy atom. The maximum absolute atomic E-state index is 13.4. The van der Waals surface area contributed by atoms with E-state index in [1.54, 1.807) is 18.2 Å². The number of aromatic nitrogens is 3. The Kier molecular flexibility index (Phi) is 3.54. The highest BCUT2D eigenvalue weighted by Gasteiger charge is 2.21. The van der Waals surface area contributed by atoms with E-state index in [9.17, 15) is 18.7 Å². The number of nitrogens with one attached hydrogen (secondary N) is 1. The Morgan fingerprint density at radius 1 is 1.12 bits per heavy atom. The van der Waals surface area contributed by atoms with Gasteiger partial charge in [-0.05, 0) is 37.3 Å². The van der Waals surface area contributed by atoms with Gasteiger partial charge in [-0.15, -0.1) is 0 Å². The highest BCUT2D eigenvalue weighted by atomic mass is 19.2. The fourth-order valence-electron chi connectivity index (χ4n) is 2.67. The van der Waals surface area contributed by atoms with Crippen LogP contribution in [0.5, 0.6) is 5.75 Å². The molecular weight excluding hydrogens is 344 g/mol. The summed E-state index contributed by atoms with van der Waals surface area (Å²) in [5, 5.41) is 14.6. The molecule has 2 heterocycles. The van der Waals surface area contributed by atoms with Gasteiger partial charge in [-0.1, -0.05) is 16.8 Å². The van der Waals surface area contributed by atoms with Crippen LogP contribution >= 0.6 is 0 Å². The molecular formula is C18H11F2N3O3. The molecule has 0 spiro atoms. The first-order valence-corrected chi connectivity index (χ1v) is 7.59. The first kappa shape index (κ1) is 15.9. The molecule has 0 unspecified atom stereocenters. The van der Waals surface area contributed by atoms with E-state index in [0.717, 1.165) is 17.7 Å². The lowest BCUT2D eigenvalue weighted by atomic mass is 10.1. The molecule has 0 aliphatic rings. The molecule has 130 valence electrons. The molecule has 0 atom stereocenters. The van der Waals surface area contributed by atoms with E-state index in [0.29, 0.717) is 10.9 Å². The van der Waals surface area contributed by atoms with Crippen LogP contribution in [0.1, 0.15) is 5.56 Å². The summed E-state index contributed by atoms with van der Waals surface area (Å²) < 4.78 is 31.5. The van der Waals surface area contributed by atoms with Crippen LogP contribution in [-0.4, -0.2) is 20.2 Å². The van der Waals surface area contributed by atoms with E-state index in [4.69, 9.17) is 4.52 Å². The van der Waals surface area contributed by atoms with Crippen molar-refractivity contribution in [3.63, 3.8) is 0 Å². The van der Waals surface area contributed by atoms with Gasteiger partial charge in [-0.2, -0.15) is 4.98 Å². The quantitative estimate of drug-likeness (QED) is 0.574. The molecule has 4 aromatic rings. The minimum atomic E-state index is -1.06. The van der Waals surface area contributed by atoms with Crippen LogP contribution in [0.15, 0.2) is 45.7 Å². The number of aromatic hydroxyl groups is 1. The number of pyridine rings is 1. The van der Waals surface area contributed by atoms with Gasteiger partial charge in [-0.3, -0.25) is 4.79 Å². The first-order chi connectivity index (χ1) is 12.4. The molecule has 0 fully saturated rings. The zero-order chi connectivity index (χ0) is 18.4. The fraction of sp³-hybridized carbons (Fsp3) is 0.0556. The lowest BCUT2D eigenvalue weighted by molar-refractivity contribution is 0.425. The topological polar surface area (TPSA) is 92.0 Å². The van der Waals surface area contributed by atoms with Crippen molar-refractivity contribution in [3.8, 4) is 28.6 Å². The Labute approximate surface area is 144 Å². The lowest BCUT2D eigenvalue weighted by Crippen LogP contribution is -2.09. The van der Waals surface area contributed by atoms with E-state index >= 15 is 0 Å². The molecule has 0 bridgehead atoms. The van der Waals surface area contributed by atoms with Gasteiger partial charge in [0.1, 0.15) is 11.3 Å². The van der Waals surface area contributed by atoms with E-state index < -0.39 is 17.2 Å². The van der Waals surface area contributed by atoms with Crippen molar-refractivity contribution in [2.75, 3.05) is 0 Å². The summed E-state index contributed by atoms with van der Waals surface area (Å²) in [5.74, 6) is -2.63. The molecule has 0 amide bonds. The van der Waals surface area contributed by atoms with Gasteiger partial charge in [0.25, 0.3) is 11.4 Å². The monoisotopic (exact) mass is 355 g/mol. The van der Waals surface area contributed by atoms with E-state index in [2.05, 4.69) is 15.1 Å². The van der Waals surface area contributed by atoms with E-state index in [-0.39, 0.29) is 28.6 Å². The number of aryl methyl sites for hydroxylation is 1. The second-order valence-corrected chi connectivity index (χ2v) is 5.78. The smallest absolute Gasteiger partial charge is 0.267 e. The average Bonchev–Trinajstić information content (AvgIpc) is 3.08. The van der Waals surface area contributed by atoms with Crippen molar-refractivity contribution < 1.29 is 18.4 Å². The molecule has 0 aliphatic heterocycles. The predicted octanol–water partition coefficient (Wildman–Crippen LogP) is 3.54.